The molecule has 2 heterocycles. The van der Waals surface area contributed by atoms with Crippen LogP contribution in [-0.2, 0) is 13.0 Å². The number of aryl methyl sites for hydroxylation is 2. The fourth-order valence-corrected chi connectivity index (χ4v) is 5.56. The Bertz CT molecular complexity index is 1050. The first-order valence-corrected chi connectivity index (χ1v) is 12.2. The highest BCUT2D eigenvalue weighted by Gasteiger charge is 2.24. The van der Waals surface area contributed by atoms with Crippen molar-refractivity contribution in [2.45, 2.75) is 68.3 Å². The number of unbranched alkanes of at least 4 members (excludes halogenated alkanes) is 1. The summed E-state index contributed by atoms with van der Waals surface area (Å²) in [5.74, 6) is 0.384. The Morgan fingerprint density at radius 2 is 2.17 bits per heavy atom. The number of alkyl halides is 1. The molecule has 6 nitrogen and oxygen atoms in total. The molecule has 0 aliphatic heterocycles. The predicted molar refractivity (Wildman–Crippen MR) is 128 cm³/mol. The van der Waals surface area contributed by atoms with E-state index in [4.69, 9.17) is 10.7 Å². The van der Waals surface area contributed by atoms with Gasteiger partial charge >= 0.3 is 0 Å². The molecule has 1 aliphatic carbocycles. The van der Waals surface area contributed by atoms with E-state index in [2.05, 4.69) is 62.4 Å². The van der Waals surface area contributed by atoms with Crippen LogP contribution in [0.3, 0.4) is 0 Å². The lowest BCUT2D eigenvalue weighted by Gasteiger charge is -2.12. The Morgan fingerprint density at radius 1 is 1.33 bits per heavy atom. The van der Waals surface area contributed by atoms with Crippen molar-refractivity contribution in [2.24, 2.45) is 0 Å². The van der Waals surface area contributed by atoms with Gasteiger partial charge in [-0.25, -0.2) is 19.3 Å². The van der Waals surface area contributed by atoms with Gasteiger partial charge in [-0.1, -0.05) is 25.6 Å². The lowest BCUT2D eigenvalue weighted by atomic mass is 10.1. The summed E-state index contributed by atoms with van der Waals surface area (Å²) in [4.78, 5) is 14.3. The molecular formula is C21H26FIN6S. The lowest BCUT2D eigenvalue weighted by molar-refractivity contribution is 0.343. The number of fused-ring (bicyclic) bond motifs is 2. The van der Waals surface area contributed by atoms with Crippen molar-refractivity contribution in [3.63, 3.8) is 0 Å². The van der Waals surface area contributed by atoms with Crippen LogP contribution >= 0.6 is 34.4 Å². The van der Waals surface area contributed by atoms with E-state index >= 15 is 0 Å². The second-order valence-electron chi connectivity index (χ2n) is 7.88. The van der Waals surface area contributed by atoms with Crippen molar-refractivity contribution in [3.8, 4) is 0 Å². The Balaban J connectivity index is 1.62. The van der Waals surface area contributed by atoms with E-state index < -0.39 is 6.17 Å². The van der Waals surface area contributed by atoms with E-state index in [-0.39, 0.29) is 0 Å². The van der Waals surface area contributed by atoms with Crippen LogP contribution in [0, 0.1) is 3.57 Å². The first kappa shape index (κ1) is 21.8. The van der Waals surface area contributed by atoms with Crippen LogP contribution in [0.5, 0.6) is 0 Å². The average Bonchev–Trinajstić information content (AvgIpc) is 3.23. The molecule has 4 rings (SSSR count). The van der Waals surface area contributed by atoms with E-state index in [1.165, 1.54) is 6.33 Å². The molecule has 0 radical (unpaired) electrons. The van der Waals surface area contributed by atoms with Crippen molar-refractivity contribution in [1.82, 2.24) is 24.8 Å². The topological polar surface area (TPSA) is 81.7 Å². The van der Waals surface area contributed by atoms with Crippen molar-refractivity contribution in [3.05, 3.63) is 33.2 Å². The number of aromatic nitrogens is 4. The van der Waals surface area contributed by atoms with E-state index in [0.717, 1.165) is 62.7 Å². The van der Waals surface area contributed by atoms with Crippen LogP contribution in [0.1, 0.15) is 50.4 Å². The standard InChI is InChI=1S/C21H26FIN6S/c1-12(2)25-7-3-4-8-29-20-18(19(24)26-11-27-20)28-21(29)30-17-10-14-13(9-16(17)23)5-6-15(14)22/h9-12,15,25H,3-8H2,1-2H3,(H2,24,26,27). The highest BCUT2D eigenvalue weighted by atomic mass is 127. The molecule has 9 heteroatoms. The number of nitrogens with two attached hydrogens (primary N) is 1. The minimum Gasteiger partial charge on any atom is -0.382 e. The SMILES string of the molecule is CC(C)NCCCCn1c(Sc2cc3c(cc2I)CCC3F)nc2c(N)ncnc21. The number of hydrogen-bond donors (Lipinski definition) is 2. The number of hydrogen-bond acceptors (Lipinski definition) is 6. The van der Waals surface area contributed by atoms with Crippen molar-refractivity contribution in [1.29, 1.82) is 0 Å². The number of nitrogens with zero attached hydrogens (tertiary/aromatic N) is 4. The Morgan fingerprint density at radius 3 is 2.97 bits per heavy atom. The molecule has 0 bridgehead atoms. The van der Waals surface area contributed by atoms with E-state index in [1.807, 2.05) is 6.07 Å². The Kier molecular flexibility index (Phi) is 6.78. The molecule has 0 saturated carbocycles. The highest BCUT2D eigenvalue weighted by Crippen LogP contribution is 2.41. The summed E-state index contributed by atoms with van der Waals surface area (Å²) in [7, 11) is 0. The third-order valence-corrected chi connectivity index (χ3v) is 7.60. The maximum atomic E-state index is 14.3. The summed E-state index contributed by atoms with van der Waals surface area (Å²) in [6.45, 7) is 6.07. The largest absolute Gasteiger partial charge is 0.382 e. The van der Waals surface area contributed by atoms with Crippen LogP contribution in [0.15, 0.2) is 28.5 Å². The smallest absolute Gasteiger partial charge is 0.175 e. The van der Waals surface area contributed by atoms with Crippen LogP contribution in [0.4, 0.5) is 10.2 Å². The molecule has 1 aromatic carbocycles. The molecule has 3 N–H and O–H groups in total. The van der Waals surface area contributed by atoms with Crippen molar-refractivity contribution in [2.75, 3.05) is 12.3 Å². The lowest BCUT2D eigenvalue weighted by Crippen LogP contribution is -2.23. The van der Waals surface area contributed by atoms with Gasteiger partial charge in [0.15, 0.2) is 22.1 Å². The van der Waals surface area contributed by atoms with Gasteiger partial charge in [-0.3, -0.25) is 0 Å². The molecule has 1 aliphatic rings. The van der Waals surface area contributed by atoms with Crippen molar-refractivity contribution >= 4 is 51.3 Å². The van der Waals surface area contributed by atoms with E-state index in [0.29, 0.717) is 23.8 Å². The third-order valence-electron chi connectivity index (χ3n) is 5.29. The zero-order chi connectivity index (χ0) is 21.3. The normalized spacial score (nSPS) is 16.0. The summed E-state index contributed by atoms with van der Waals surface area (Å²) < 4.78 is 17.5. The maximum absolute atomic E-state index is 14.3. The van der Waals surface area contributed by atoms with Crippen LogP contribution in [0.2, 0.25) is 0 Å². The molecule has 3 aromatic rings. The van der Waals surface area contributed by atoms with Gasteiger partial charge in [-0.15, -0.1) is 0 Å². The number of nitrogen functional groups attached to an aromatic ring is 1. The quantitative estimate of drug-likeness (QED) is 0.313. The van der Waals surface area contributed by atoms with E-state index in [9.17, 15) is 4.39 Å². The van der Waals surface area contributed by atoms with Gasteiger partial charge in [0.25, 0.3) is 0 Å². The van der Waals surface area contributed by atoms with Gasteiger partial charge in [0.2, 0.25) is 0 Å². The van der Waals surface area contributed by atoms with Crippen LogP contribution in [0.25, 0.3) is 11.2 Å². The van der Waals surface area contributed by atoms with Gasteiger partial charge < -0.3 is 15.6 Å². The maximum Gasteiger partial charge on any atom is 0.175 e. The minimum absolute atomic E-state index is 0.384. The van der Waals surface area contributed by atoms with E-state index in [1.54, 1.807) is 11.8 Å². The van der Waals surface area contributed by atoms with Crippen LogP contribution in [-0.4, -0.2) is 32.1 Å². The Labute approximate surface area is 193 Å². The summed E-state index contributed by atoms with van der Waals surface area (Å²) >= 11 is 3.88. The van der Waals surface area contributed by atoms with Gasteiger partial charge in [-0.2, -0.15) is 0 Å². The molecule has 2 aromatic heterocycles. The zero-order valence-corrected chi connectivity index (χ0v) is 20.1. The van der Waals surface area contributed by atoms with Gasteiger partial charge in [0, 0.05) is 21.1 Å². The predicted octanol–water partition coefficient (Wildman–Crippen LogP) is 4.90. The number of anilines is 1. The first-order valence-electron chi connectivity index (χ1n) is 10.3. The van der Waals surface area contributed by atoms with Gasteiger partial charge in [-0.05, 0) is 78.1 Å². The monoisotopic (exact) mass is 540 g/mol. The third kappa shape index (κ3) is 4.57. The molecule has 1 unspecified atom stereocenters. The molecule has 0 fully saturated rings. The molecule has 0 saturated heterocycles. The summed E-state index contributed by atoms with van der Waals surface area (Å²) in [5.41, 5.74) is 9.38. The van der Waals surface area contributed by atoms with Crippen LogP contribution < -0.4 is 11.1 Å². The van der Waals surface area contributed by atoms with Crippen molar-refractivity contribution < 1.29 is 4.39 Å². The second-order valence-corrected chi connectivity index (χ2v) is 10.1. The minimum atomic E-state index is -0.870. The summed E-state index contributed by atoms with van der Waals surface area (Å²) in [6.07, 6.45) is 4.06. The fourth-order valence-electron chi connectivity index (χ4n) is 3.73. The molecule has 1 atom stereocenters. The number of rotatable bonds is 8. The summed E-state index contributed by atoms with van der Waals surface area (Å²) in [5, 5.41) is 4.27. The number of halogens is 2. The number of benzene rings is 1. The highest BCUT2D eigenvalue weighted by molar-refractivity contribution is 14.1. The summed E-state index contributed by atoms with van der Waals surface area (Å²) in [6, 6.07) is 4.58. The average molecular weight is 540 g/mol. The van der Waals surface area contributed by atoms with Gasteiger partial charge in [0.1, 0.15) is 12.5 Å². The Hall–Kier alpha value is -1.46. The second kappa shape index (κ2) is 9.35. The zero-order valence-electron chi connectivity index (χ0n) is 17.2. The number of imidazole rings is 1. The molecular weight excluding hydrogens is 514 g/mol. The fraction of sp³-hybridized carbons (Fsp3) is 0.476. The number of nitrogens with one attached hydrogen (secondary N) is 1. The van der Waals surface area contributed by atoms with Gasteiger partial charge in [0.05, 0.1) is 0 Å². The molecule has 0 amide bonds. The first-order chi connectivity index (χ1) is 14.4. The molecule has 0 spiro atoms. The molecule has 160 valence electrons. The molecule has 30 heavy (non-hydrogen) atoms.